The van der Waals surface area contributed by atoms with Crippen LogP contribution >= 0.6 is 0 Å². The maximum atomic E-state index is 12.5. The summed E-state index contributed by atoms with van der Waals surface area (Å²) in [5, 5.41) is 0. The van der Waals surface area contributed by atoms with Crippen molar-refractivity contribution in [2.75, 3.05) is 27.2 Å². The SMILES string of the molecule is Cc1ccc(S(=O)(=O)NCC(c2ccc3c(c2)CCO3)N(C)C)cc1. The molecule has 0 aromatic heterocycles. The number of nitrogens with one attached hydrogen (secondary N) is 1. The molecule has 6 heteroatoms. The van der Waals surface area contributed by atoms with E-state index in [0.29, 0.717) is 13.2 Å². The molecule has 0 bridgehead atoms. The molecular weight excluding hydrogens is 336 g/mol. The molecule has 3 rings (SSSR count). The van der Waals surface area contributed by atoms with Gasteiger partial charge in [0.15, 0.2) is 0 Å². The molecular formula is C19H24N2O3S. The summed E-state index contributed by atoms with van der Waals surface area (Å²) in [7, 11) is 0.379. The third-order valence-corrected chi connectivity index (χ3v) is 5.96. The van der Waals surface area contributed by atoms with Gasteiger partial charge in [-0.25, -0.2) is 13.1 Å². The van der Waals surface area contributed by atoms with Gasteiger partial charge in [-0.3, -0.25) is 0 Å². The molecule has 0 saturated heterocycles. The van der Waals surface area contributed by atoms with Crippen molar-refractivity contribution in [1.29, 1.82) is 0 Å². The summed E-state index contributed by atoms with van der Waals surface area (Å²) < 4.78 is 33.4. The molecule has 5 nitrogen and oxygen atoms in total. The zero-order valence-corrected chi connectivity index (χ0v) is 15.6. The minimum atomic E-state index is -3.53. The summed E-state index contributed by atoms with van der Waals surface area (Å²) in [6, 6.07) is 12.9. The van der Waals surface area contributed by atoms with Crippen LogP contribution in [0.15, 0.2) is 47.4 Å². The highest BCUT2D eigenvalue weighted by atomic mass is 32.2. The van der Waals surface area contributed by atoms with E-state index in [1.807, 2.05) is 38.1 Å². The van der Waals surface area contributed by atoms with Gasteiger partial charge in [-0.05, 0) is 50.3 Å². The molecule has 1 aliphatic rings. The summed E-state index contributed by atoms with van der Waals surface area (Å²) >= 11 is 0. The maximum Gasteiger partial charge on any atom is 0.240 e. The van der Waals surface area contributed by atoms with E-state index in [1.54, 1.807) is 24.3 Å². The summed E-state index contributed by atoms with van der Waals surface area (Å²) in [5.74, 6) is 0.932. The van der Waals surface area contributed by atoms with E-state index in [-0.39, 0.29) is 10.9 Å². The standard InChI is InChI=1S/C19H24N2O3S/c1-14-4-7-17(8-5-14)25(22,23)20-13-18(21(2)3)15-6-9-19-16(12-15)10-11-24-19/h4-9,12,18,20H,10-11,13H2,1-3H3. The van der Waals surface area contributed by atoms with Crippen molar-refractivity contribution in [2.24, 2.45) is 0 Å². The first-order valence-electron chi connectivity index (χ1n) is 8.35. The first-order valence-corrected chi connectivity index (χ1v) is 9.83. The Morgan fingerprint density at radius 1 is 1.16 bits per heavy atom. The van der Waals surface area contributed by atoms with Crippen LogP contribution in [0.25, 0.3) is 0 Å². The second-order valence-electron chi connectivity index (χ2n) is 6.61. The number of aryl methyl sites for hydroxylation is 1. The van der Waals surface area contributed by atoms with Gasteiger partial charge in [0.2, 0.25) is 10.0 Å². The number of likely N-dealkylation sites (N-methyl/N-ethyl adjacent to an activating group) is 1. The van der Waals surface area contributed by atoms with Crippen LogP contribution in [0, 0.1) is 6.92 Å². The normalized spacial score (nSPS) is 15.0. The van der Waals surface area contributed by atoms with E-state index in [4.69, 9.17) is 4.74 Å². The Kier molecular flexibility index (Phi) is 5.13. The van der Waals surface area contributed by atoms with Gasteiger partial charge in [0.1, 0.15) is 5.75 Å². The number of ether oxygens (including phenoxy) is 1. The fourth-order valence-corrected chi connectivity index (χ4v) is 4.04. The van der Waals surface area contributed by atoms with Crippen LogP contribution < -0.4 is 9.46 Å². The third-order valence-electron chi connectivity index (χ3n) is 4.52. The van der Waals surface area contributed by atoms with Crippen molar-refractivity contribution in [3.8, 4) is 5.75 Å². The van der Waals surface area contributed by atoms with Crippen molar-refractivity contribution < 1.29 is 13.2 Å². The van der Waals surface area contributed by atoms with Crippen molar-refractivity contribution >= 4 is 10.0 Å². The predicted octanol–water partition coefficient (Wildman–Crippen LogP) is 2.51. The zero-order valence-electron chi connectivity index (χ0n) is 14.8. The monoisotopic (exact) mass is 360 g/mol. The zero-order chi connectivity index (χ0) is 18.0. The first-order chi connectivity index (χ1) is 11.9. The lowest BCUT2D eigenvalue weighted by atomic mass is 10.0. The number of hydrogen-bond donors (Lipinski definition) is 1. The van der Waals surface area contributed by atoms with Crippen molar-refractivity contribution in [1.82, 2.24) is 9.62 Å². The van der Waals surface area contributed by atoms with Crippen LogP contribution in [0.3, 0.4) is 0 Å². The Morgan fingerprint density at radius 3 is 2.56 bits per heavy atom. The van der Waals surface area contributed by atoms with Gasteiger partial charge >= 0.3 is 0 Å². The Morgan fingerprint density at radius 2 is 1.88 bits per heavy atom. The lowest BCUT2D eigenvalue weighted by molar-refractivity contribution is 0.299. The highest BCUT2D eigenvalue weighted by molar-refractivity contribution is 7.89. The van der Waals surface area contributed by atoms with E-state index in [9.17, 15) is 8.42 Å². The van der Waals surface area contributed by atoms with Gasteiger partial charge in [0, 0.05) is 19.0 Å². The summed E-state index contributed by atoms with van der Waals surface area (Å²) in [5.41, 5.74) is 3.30. The minimum absolute atomic E-state index is 0.0499. The van der Waals surface area contributed by atoms with Crippen LogP contribution in [0.4, 0.5) is 0 Å². The molecule has 1 atom stereocenters. The van der Waals surface area contributed by atoms with Crippen LogP contribution in [-0.2, 0) is 16.4 Å². The number of nitrogens with zero attached hydrogens (tertiary/aromatic N) is 1. The van der Waals surface area contributed by atoms with Gasteiger partial charge in [-0.2, -0.15) is 0 Å². The highest BCUT2D eigenvalue weighted by Crippen LogP contribution is 2.29. The van der Waals surface area contributed by atoms with Crippen molar-refractivity contribution in [2.45, 2.75) is 24.3 Å². The number of benzene rings is 2. The molecule has 1 heterocycles. The molecule has 2 aromatic rings. The molecule has 0 saturated carbocycles. The average molecular weight is 360 g/mol. The molecule has 2 aromatic carbocycles. The van der Waals surface area contributed by atoms with Crippen LogP contribution in [0.1, 0.15) is 22.7 Å². The Hall–Kier alpha value is -1.89. The number of sulfonamides is 1. The van der Waals surface area contributed by atoms with Gasteiger partial charge in [0.25, 0.3) is 0 Å². The molecule has 0 spiro atoms. The minimum Gasteiger partial charge on any atom is -0.493 e. The molecule has 0 aliphatic carbocycles. The highest BCUT2D eigenvalue weighted by Gasteiger charge is 2.21. The molecule has 0 fully saturated rings. The lowest BCUT2D eigenvalue weighted by Gasteiger charge is -2.25. The molecule has 0 radical (unpaired) electrons. The fraction of sp³-hybridized carbons (Fsp3) is 0.368. The number of rotatable bonds is 6. The fourth-order valence-electron chi connectivity index (χ4n) is 3.00. The second kappa shape index (κ2) is 7.15. The third kappa shape index (κ3) is 4.03. The van der Waals surface area contributed by atoms with Crippen LogP contribution in [0.5, 0.6) is 5.75 Å². The lowest BCUT2D eigenvalue weighted by Crippen LogP contribution is -2.34. The van der Waals surface area contributed by atoms with E-state index in [1.165, 1.54) is 5.56 Å². The Labute approximate surface area is 149 Å². The van der Waals surface area contributed by atoms with E-state index in [2.05, 4.69) is 10.8 Å². The number of fused-ring (bicyclic) bond motifs is 1. The van der Waals surface area contributed by atoms with Gasteiger partial charge < -0.3 is 9.64 Å². The summed E-state index contributed by atoms with van der Waals surface area (Å²) in [6.07, 6.45) is 0.901. The molecule has 25 heavy (non-hydrogen) atoms. The second-order valence-corrected chi connectivity index (χ2v) is 8.38. The maximum absolute atomic E-state index is 12.5. The summed E-state index contributed by atoms with van der Waals surface area (Å²) in [4.78, 5) is 2.31. The van der Waals surface area contributed by atoms with Crippen molar-refractivity contribution in [3.05, 3.63) is 59.2 Å². The topological polar surface area (TPSA) is 58.6 Å². The Balaban J connectivity index is 1.77. The number of hydrogen-bond acceptors (Lipinski definition) is 4. The van der Waals surface area contributed by atoms with Gasteiger partial charge in [-0.15, -0.1) is 0 Å². The predicted molar refractivity (Wildman–Crippen MR) is 98.4 cm³/mol. The van der Waals surface area contributed by atoms with Gasteiger partial charge in [0.05, 0.1) is 11.5 Å². The van der Waals surface area contributed by atoms with E-state index in [0.717, 1.165) is 23.3 Å². The average Bonchev–Trinajstić information content (AvgIpc) is 3.02. The molecule has 134 valence electrons. The van der Waals surface area contributed by atoms with Crippen LogP contribution in [-0.4, -0.2) is 40.6 Å². The quantitative estimate of drug-likeness (QED) is 0.860. The molecule has 1 N–H and O–H groups in total. The van der Waals surface area contributed by atoms with Gasteiger partial charge in [-0.1, -0.05) is 29.8 Å². The van der Waals surface area contributed by atoms with E-state index < -0.39 is 10.0 Å². The molecule has 1 aliphatic heterocycles. The summed E-state index contributed by atoms with van der Waals surface area (Å²) in [6.45, 7) is 2.96. The van der Waals surface area contributed by atoms with Crippen molar-refractivity contribution in [3.63, 3.8) is 0 Å². The Bertz CT molecular complexity index is 845. The molecule has 0 amide bonds. The largest absolute Gasteiger partial charge is 0.493 e. The van der Waals surface area contributed by atoms with E-state index >= 15 is 0 Å². The smallest absolute Gasteiger partial charge is 0.240 e. The molecule has 1 unspecified atom stereocenters. The van der Waals surface area contributed by atoms with Crippen LogP contribution in [0.2, 0.25) is 0 Å². The first kappa shape index (κ1) is 17.9.